The van der Waals surface area contributed by atoms with Gasteiger partial charge in [-0.1, -0.05) is 12.1 Å². The second-order valence-corrected chi connectivity index (χ2v) is 7.99. The van der Waals surface area contributed by atoms with Crippen LogP contribution in [0.5, 0.6) is 11.5 Å². The van der Waals surface area contributed by atoms with Gasteiger partial charge in [-0.25, -0.2) is 9.97 Å². The first-order valence-electron chi connectivity index (χ1n) is 10.8. The minimum Gasteiger partial charge on any atom is -0.861 e. The summed E-state index contributed by atoms with van der Waals surface area (Å²) in [5, 5.41) is 12.8. The highest BCUT2D eigenvalue weighted by Crippen LogP contribution is 2.38. The smallest absolute Gasteiger partial charge is 0.151 e. The summed E-state index contributed by atoms with van der Waals surface area (Å²) in [4.78, 5) is 12.9. The molecule has 0 amide bonds. The van der Waals surface area contributed by atoms with E-state index in [1.807, 2.05) is 41.8 Å². The molecule has 5 rings (SSSR count). The summed E-state index contributed by atoms with van der Waals surface area (Å²) in [5.74, 6) is 1.32. The summed E-state index contributed by atoms with van der Waals surface area (Å²) in [6.07, 6.45) is 1.62. The fraction of sp³-hybridized carbons (Fsp3) is 0.240. The molecule has 0 bridgehead atoms. The van der Waals surface area contributed by atoms with Gasteiger partial charge >= 0.3 is 0 Å². The molecular formula is C25H24N5O4-. The monoisotopic (exact) mass is 458 g/mol. The number of fused-ring (bicyclic) bond motifs is 3. The highest BCUT2D eigenvalue weighted by molar-refractivity contribution is 5.91. The van der Waals surface area contributed by atoms with Crippen LogP contribution in [0, 0.1) is 6.92 Å². The van der Waals surface area contributed by atoms with Gasteiger partial charge in [0.1, 0.15) is 34.5 Å². The van der Waals surface area contributed by atoms with Crippen LogP contribution in [0.1, 0.15) is 22.4 Å². The molecule has 2 aromatic heterocycles. The number of methoxy groups -OCH3 is 2. The van der Waals surface area contributed by atoms with Crippen LogP contribution < -0.4 is 20.3 Å². The summed E-state index contributed by atoms with van der Waals surface area (Å²) >= 11 is 0. The molecule has 0 radical (unpaired) electrons. The molecule has 3 heterocycles. The Bertz CT molecular complexity index is 1430. The summed E-state index contributed by atoms with van der Waals surface area (Å²) in [5.41, 5.74) is 12.7. The molecule has 174 valence electrons. The fourth-order valence-corrected chi connectivity index (χ4v) is 4.39. The van der Waals surface area contributed by atoms with Crippen LogP contribution >= 0.6 is 0 Å². The molecule has 0 unspecified atom stereocenters. The minimum absolute atomic E-state index is 0.162. The Labute approximate surface area is 196 Å². The maximum Gasteiger partial charge on any atom is 0.151 e. The van der Waals surface area contributed by atoms with Crippen molar-refractivity contribution in [2.45, 2.75) is 26.6 Å². The molecule has 4 aromatic rings. The van der Waals surface area contributed by atoms with Gasteiger partial charge in [0.05, 0.1) is 33.1 Å². The quantitative estimate of drug-likeness (QED) is 0.348. The second-order valence-electron chi connectivity index (χ2n) is 7.99. The zero-order chi connectivity index (χ0) is 23.8. The standard InChI is InChI=1S/C25H25N5O4/c1-14-15(5-4-6-20(14)32-2)9-22(31)29-18-8-7-16(10-21(18)33-3)30-19-12-34-11-17(19)23-24(30)25(26)28-13-27-23/h4-8,10,13H,9,11-12H2,1-3H3,(H,29,31)(H2,26,27,28)/p-1. The minimum atomic E-state index is -0.277. The van der Waals surface area contributed by atoms with E-state index in [-0.39, 0.29) is 12.3 Å². The SMILES string of the molecule is COc1cc(-n2c3c(c4ncnc(N)c42)COC3)ccc1N=C([O-])Cc1cccc(OC)c1C. The predicted octanol–water partition coefficient (Wildman–Crippen LogP) is 2.99. The van der Waals surface area contributed by atoms with E-state index >= 15 is 0 Å². The summed E-state index contributed by atoms with van der Waals surface area (Å²) < 4.78 is 18.6. The number of rotatable bonds is 6. The van der Waals surface area contributed by atoms with Gasteiger partial charge in [-0.3, -0.25) is 4.99 Å². The number of nitrogen functional groups attached to an aromatic ring is 1. The van der Waals surface area contributed by atoms with Gasteiger partial charge in [-0.2, -0.15) is 0 Å². The lowest BCUT2D eigenvalue weighted by atomic mass is 10.0. The van der Waals surface area contributed by atoms with Crippen molar-refractivity contribution >= 4 is 28.4 Å². The predicted molar refractivity (Wildman–Crippen MR) is 127 cm³/mol. The number of hydrogen-bond donors (Lipinski definition) is 1. The average Bonchev–Trinajstić information content (AvgIpc) is 3.43. The molecule has 2 N–H and O–H groups in total. The van der Waals surface area contributed by atoms with Gasteiger partial charge in [-0.15, -0.1) is 0 Å². The van der Waals surface area contributed by atoms with E-state index < -0.39 is 0 Å². The van der Waals surface area contributed by atoms with Gasteiger partial charge < -0.3 is 29.6 Å². The third-order valence-corrected chi connectivity index (χ3v) is 6.09. The molecule has 0 aliphatic carbocycles. The van der Waals surface area contributed by atoms with Crippen LogP contribution in [0.25, 0.3) is 16.7 Å². The number of nitrogens with zero attached hydrogens (tertiary/aromatic N) is 4. The molecule has 34 heavy (non-hydrogen) atoms. The Hall–Kier alpha value is -4.11. The maximum atomic E-state index is 12.8. The van der Waals surface area contributed by atoms with Gasteiger partial charge in [0.25, 0.3) is 0 Å². The fourth-order valence-electron chi connectivity index (χ4n) is 4.39. The van der Waals surface area contributed by atoms with E-state index in [1.54, 1.807) is 20.3 Å². The molecule has 0 spiro atoms. The third kappa shape index (κ3) is 3.60. The number of hydrogen-bond acceptors (Lipinski definition) is 8. The highest BCUT2D eigenvalue weighted by atomic mass is 16.5. The number of aliphatic imine (C=N–C) groups is 1. The van der Waals surface area contributed by atoms with Crippen molar-refractivity contribution in [3.63, 3.8) is 0 Å². The van der Waals surface area contributed by atoms with E-state index in [0.717, 1.165) is 44.9 Å². The molecule has 1 aliphatic heterocycles. The van der Waals surface area contributed by atoms with Gasteiger partial charge in [0.2, 0.25) is 0 Å². The lowest BCUT2D eigenvalue weighted by Gasteiger charge is -2.16. The summed E-state index contributed by atoms with van der Waals surface area (Å²) in [7, 11) is 3.16. The first-order valence-corrected chi connectivity index (χ1v) is 10.8. The first kappa shape index (κ1) is 21.7. The average molecular weight is 458 g/mol. The molecule has 9 heteroatoms. The summed E-state index contributed by atoms with van der Waals surface area (Å²) in [6.45, 7) is 2.84. The van der Waals surface area contributed by atoms with Gasteiger partial charge in [0.15, 0.2) is 5.82 Å². The number of ether oxygens (including phenoxy) is 3. The lowest BCUT2D eigenvalue weighted by molar-refractivity contribution is -0.217. The molecule has 9 nitrogen and oxygen atoms in total. The molecule has 0 saturated heterocycles. The Morgan fingerprint density at radius 2 is 1.97 bits per heavy atom. The van der Waals surface area contributed by atoms with Crippen LogP contribution in [0.2, 0.25) is 0 Å². The maximum absolute atomic E-state index is 12.8. The Kier molecular flexibility index (Phi) is 5.54. The number of anilines is 1. The Morgan fingerprint density at radius 3 is 2.76 bits per heavy atom. The number of aromatic nitrogens is 3. The van der Waals surface area contributed by atoms with E-state index in [4.69, 9.17) is 19.9 Å². The number of benzene rings is 2. The largest absolute Gasteiger partial charge is 0.861 e. The topological polar surface area (TPSA) is 120 Å². The Balaban J connectivity index is 1.53. The van der Waals surface area contributed by atoms with Crippen LogP contribution in [-0.2, 0) is 24.4 Å². The molecule has 1 aliphatic rings. The van der Waals surface area contributed by atoms with Crippen molar-refractivity contribution in [2.24, 2.45) is 4.99 Å². The van der Waals surface area contributed by atoms with E-state index in [2.05, 4.69) is 15.0 Å². The van der Waals surface area contributed by atoms with Crippen molar-refractivity contribution in [1.29, 1.82) is 0 Å². The van der Waals surface area contributed by atoms with Crippen LogP contribution in [-0.4, -0.2) is 34.7 Å². The molecule has 0 atom stereocenters. The number of nitrogens with two attached hydrogens (primary N) is 1. The molecule has 2 aromatic carbocycles. The van der Waals surface area contributed by atoms with Gasteiger partial charge in [-0.05, 0) is 42.1 Å². The first-order chi connectivity index (χ1) is 16.5. The van der Waals surface area contributed by atoms with Crippen molar-refractivity contribution in [1.82, 2.24) is 14.5 Å². The molecule has 0 saturated carbocycles. The van der Waals surface area contributed by atoms with Crippen molar-refractivity contribution in [3.05, 3.63) is 65.1 Å². The summed E-state index contributed by atoms with van der Waals surface area (Å²) in [6, 6.07) is 11.1. The normalized spacial score (nSPS) is 13.3. The van der Waals surface area contributed by atoms with E-state index in [0.29, 0.717) is 30.5 Å². The highest BCUT2D eigenvalue weighted by Gasteiger charge is 2.26. The third-order valence-electron chi connectivity index (χ3n) is 6.09. The van der Waals surface area contributed by atoms with Crippen LogP contribution in [0.4, 0.5) is 11.5 Å². The Morgan fingerprint density at radius 1 is 1.15 bits per heavy atom. The molecular weight excluding hydrogens is 434 g/mol. The van der Waals surface area contributed by atoms with Gasteiger partial charge in [0, 0.05) is 23.7 Å². The van der Waals surface area contributed by atoms with Crippen LogP contribution in [0.3, 0.4) is 0 Å². The zero-order valence-electron chi connectivity index (χ0n) is 19.2. The van der Waals surface area contributed by atoms with Crippen molar-refractivity contribution in [3.8, 4) is 17.2 Å². The van der Waals surface area contributed by atoms with Crippen molar-refractivity contribution < 1.29 is 19.3 Å². The molecule has 0 fully saturated rings. The van der Waals surface area contributed by atoms with E-state index in [1.165, 1.54) is 6.33 Å². The van der Waals surface area contributed by atoms with Crippen LogP contribution in [0.15, 0.2) is 47.7 Å². The zero-order valence-corrected chi connectivity index (χ0v) is 19.2. The van der Waals surface area contributed by atoms with E-state index in [9.17, 15) is 5.11 Å². The van der Waals surface area contributed by atoms with Crippen molar-refractivity contribution in [2.75, 3.05) is 20.0 Å². The lowest BCUT2D eigenvalue weighted by Crippen LogP contribution is -2.20. The second kappa shape index (κ2) is 8.68.